The molecule has 0 bridgehead atoms. The molecular weight excluding hydrogens is 277 g/mol. The maximum absolute atomic E-state index is 13.8. The van der Waals surface area contributed by atoms with E-state index in [1.54, 1.807) is 19.2 Å². The number of benzene rings is 1. The Kier molecular flexibility index (Phi) is 4.90. The zero-order valence-corrected chi connectivity index (χ0v) is 12.3. The lowest BCUT2D eigenvalue weighted by Crippen LogP contribution is -2.05. The molecule has 0 aliphatic carbocycles. The van der Waals surface area contributed by atoms with Crippen molar-refractivity contribution in [3.63, 3.8) is 0 Å². The van der Waals surface area contributed by atoms with Gasteiger partial charge in [-0.1, -0.05) is 31.0 Å². The molecule has 0 unspecified atom stereocenters. The molecule has 20 heavy (non-hydrogen) atoms. The summed E-state index contributed by atoms with van der Waals surface area (Å²) in [6.07, 6.45) is 2.16. The third kappa shape index (κ3) is 3.45. The van der Waals surface area contributed by atoms with E-state index in [1.807, 2.05) is 6.07 Å². The molecule has 0 saturated carbocycles. The normalized spacial score (nSPS) is 10.6. The van der Waals surface area contributed by atoms with Crippen molar-refractivity contribution in [2.75, 3.05) is 12.4 Å². The van der Waals surface area contributed by atoms with E-state index in [1.165, 1.54) is 6.07 Å². The summed E-state index contributed by atoms with van der Waals surface area (Å²) in [6.45, 7) is 2.09. The van der Waals surface area contributed by atoms with Crippen molar-refractivity contribution in [2.24, 2.45) is 0 Å². The Morgan fingerprint density at radius 3 is 2.75 bits per heavy atom. The third-order valence-corrected chi connectivity index (χ3v) is 3.34. The minimum Gasteiger partial charge on any atom is -0.373 e. The van der Waals surface area contributed by atoms with Crippen LogP contribution in [0.1, 0.15) is 30.4 Å². The number of nitrogens with zero attached hydrogens (tertiary/aromatic N) is 2. The number of aryl methyl sites for hydroxylation is 1. The number of nitrogens with one attached hydrogen (secondary N) is 1. The molecule has 1 aromatic carbocycles. The third-order valence-electron chi connectivity index (χ3n) is 2.98. The second-order valence-corrected chi connectivity index (χ2v) is 4.94. The Balaban J connectivity index is 2.35. The smallest absolute Gasteiger partial charge is 0.135 e. The Morgan fingerprint density at radius 1 is 1.30 bits per heavy atom. The van der Waals surface area contributed by atoms with Crippen molar-refractivity contribution < 1.29 is 4.39 Å². The fourth-order valence-electron chi connectivity index (χ4n) is 2.00. The van der Waals surface area contributed by atoms with Gasteiger partial charge in [-0.05, 0) is 18.6 Å². The second-order valence-electron chi connectivity index (χ2n) is 4.54. The first-order chi connectivity index (χ1) is 9.63. The maximum atomic E-state index is 13.8. The van der Waals surface area contributed by atoms with Crippen LogP contribution in [0.2, 0.25) is 5.02 Å². The van der Waals surface area contributed by atoms with E-state index in [-0.39, 0.29) is 12.2 Å². The first-order valence-electron chi connectivity index (χ1n) is 6.61. The molecule has 0 aliphatic rings. The summed E-state index contributed by atoms with van der Waals surface area (Å²) in [7, 11) is 1.80. The Bertz CT molecular complexity index is 581. The Hall–Kier alpha value is -1.68. The number of rotatable bonds is 5. The monoisotopic (exact) mass is 293 g/mol. The summed E-state index contributed by atoms with van der Waals surface area (Å²) < 4.78 is 13.8. The fourth-order valence-corrected chi connectivity index (χ4v) is 2.23. The van der Waals surface area contributed by atoms with E-state index >= 15 is 0 Å². The molecule has 0 fully saturated rings. The lowest BCUT2D eigenvalue weighted by Gasteiger charge is -2.09. The highest BCUT2D eigenvalue weighted by Gasteiger charge is 2.11. The average Bonchev–Trinajstić information content (AvgIpc) is 2.43. The van der Waals surface area contributed by atoms with E-state index < -0.39 is 0 Å². The van der Waals surface area contributed by atoms with Crippen LogP contribution in [0.15, 0.2) is 24.3 Å². The zero-order chi connectivity index (χ0) is 14.5. The van der Waals surface area contributed by atoms with Crippen molar-refractivity contribution in [1.29, 1.82) is 0 Å². The number of aromatic nitrogens is 2. The van der Waals surface area contributed by atoms with Crippen molar-refractivity contribution in [3.05, 3.63) is 52.2 Å². The topological polar surface area (TPSA) is 37.8 Å². The lowest BCUT2D eigenvalue weighted by molar-refractivity contribution is 0.612. The van der Waals surface area contributed by atoms with Crippen LogP contribution < -0.4 is 5.32 Å². The van der Waals surface area contributed by atoms with Crippen LogP contribution in [0.3, 0.4) is 0 Å². The standard InChI is InChI=1S/C15H17ClFN3/c1-3-5-10-8-14(18-2)20-15(19-10)9-11-12(16)6-4-7-13(11)17/h4,6-8H,3,5,9H2,1-2H3,(H,18,19,20). The zero-order valence-electron chi connectivity index (χ0n) is 11.6. The van der Waals surface area contributed by atoms with Gasteiger partial charge in [0.05, 0.1) is 0 Å². The predicted molar refractivity (Wildman–Crippen MR) is 79.8 cm³/mol. The Morgan fingerprint density at radius 2 is 2.10 bits per heavy atom. The molecule has 0 aliphatic heterocycles. The summed E-state index contributed by atoms with van der Waals surface area (Å²) in [6, 6.07) is 6.58. The molecule has 0 saturated heterocycles. The van der Waals surface area contributed by atoms with Gasteiger partial charge in [0.2, 0.25) is 0 Å². The number of hydrogen-bond acceptors (Lipinski definition) is 3. The van der Waals surface area contributed by atoms with Crippen LogP contribution in [-0.4, -0.2) is 17.0 Å². The maximum Gasteiger partial charge on any atom is 0.135 e. The van der Waals surface area contributed by atoms with Crippen LogP contribution in [0.4, 0.5) is 10.2 Å². The molecule has 0 radical (unpaired) electrons. The van der Waals surface area contributed by atoms with Crippen LogP contribution in [-0.2, 0) is 12.8 Å². The van der Waals surface area contributed by atoms with Crippen LogP contribution in [0.5, 0.6) is 0 Å². The molecule has 1 heterocycles. The summed E-state index contributed by atoms with van der Waals surface area (Å²) in [5, 5.41) is 3.41. The first-order valence-corrected chi connectivity index (χ1v) is 6.99. The van der Waals surface area contributed by atoms with Crippen LogP contribution in [0, 0.1) is 5.82 Å². The van der Waals surface area contributed by atoms with Gasteiger partial charge in [-0.2, -0.15) is 0 Å². The molecule has 1 N–H and O–H groups in total. The molecule has 3 nitrogen and oxygen atoms in total. The fraction of sp³-hybridized carbons (Fsp3) is 0.333. The number of anilines is 1. The second kappa shape index (κ2) is 6.66. The van der Waals surface area contributed by atoms with Crippen molar-refractivity contribution in [2.45, 2.75) is 26.2 Å². The van der Waals surface area contributed by atoms with Gasteiger partial charge in [-0.15, -0.1) is 0 Å². The van der Waals surface area contributed by atoms with E-state index in [0.717, 1.165) is 24.4 Å². The van der Waals surface area contributed by atoms with Crippen molar-refractivity contribution in [3.8, 4) is 0 Å². The van der Waals surface area contributed by atoms with Crippen molar-refractivity contribution in [1.82, 2.24) is 9.97 Å². The van der Waals surface area contributed by atoms with Crippen LogP contribution in [0.25, 0.3) is 0 Å². The highest BCUT2D eigenvalue weighted by atomic mass is 35.5. The molecule has 5 heteroatoms. The molecule has 2 aromatic rings. The molecule has 2 rings (SSSR count). The van der Waals surface area contributed by atoms with Crippen LogP contribution >= 0.6 is 11.6 Å². The van der Waals surface area contributed by atoms with Gasteiger partial charge < -0.3 is 5.32 Å². The predicted octanol–water partition coefficient (Wildman–Crippen LogP) is 3.85. The van der Waals surface area contributed by atoms with Gasteiger partial charge in [-0.25, -0.2) is 14.4 Å². The van der Waals surface area contributed by atoms with Gasteiger partial charge in [0, 0.05) is 35.8 Å². The number of hydrogen-bond donors (Lipinski definition) is 1. The molecule has 106 valence electrons. The van der Waals surface area contributed by atoms with E-state index in [9.17, 15) is 4.39 Å². The lowest BCUT2D eigenvalue weighted by atomic mass is 10.1. The molecular formula is C15H17ClFN3. The highest BCUT2D eigenvalue weighted by Crippen LogP contribution is 2.22. The minimum absolute atomic E-state index is 0.289. The minimum atomic E-state index is -0.326. The van der Waals surface area contributed by atoms with Gasteiger partial charge in [0.25, 0.3) is 0 Å². The van der Waals surface area contributed by atoms with Gasteiger partial charge in [-0.3, -0.25) is 0 Å². The molecule has 0 amide bonds. The van der Waals surface area contributed by atoms with Crippen molar-refractivity contribution >= 4 is 17.4 Å². The quantitative estimate of drug-likeness (QED) is 0.910. The summed E-state index contributed by atoms with van der Waals surface area (Å²) in [5.74, 6) is 0.992. The molecule has 0 spiro atoms. The van der Waals surface area contributed by atoms with E-state index in [2.05, 4.69) is 22.2 Å². The first kappa shape index (κ1) is 14.7. The largest absolute Gasteiger partial charge is 0.373 e. The van der Waals surface area contributed by atoms with Gasteiger partial charge in [0.1, 0.15) is 17.5 Å². The summed E-state index contributed by atoms with van der Waals surface area (Å²) in [4.78, 5) is 8.84. The SMILES string of the molecule is CCCc1cc(NC)nc(Cc2c(F)cccc2Cl)n1. The Labute approximate surface area is 123 Å². The average molecular weight is 294 g/mol. The van der Waals surface area contributed by atoms with E-state index in [4.69, 9.17) is 11.6 Å². The van der Waals surface area contributed by atoms with Gasteiger partial charge >= 0.3 is 0 Å². The molecule has 1 aromatic heterocycles. The summed E-state index contributed by atoms with van der Waals surface area (Å²) in [5.41, 5.74) is 1.39. The molecule has 0 atom stereocenters. The number of halogens is 2. The van der Waals surface area contributed by atoms with Gasteiger partial charge in [0.15, 0.2) is 0 Å². The highest BCUT2D eigenvalue weighted by molar-refractivity contribution is 6.31. The van der Waals surface area contributed by atoms with E-state index in [0.29, 0.717) is 16.4 Å². The summed E-state index contributed by atoms with van der Waals surface area (Å²) >= 11 is 6.04.